The molecular weight excluding hydrogens is 258 g/mol. The summed E-state index contributed by atoms with van der Waals surface area (Å²) in [6, 6.07) is 4.80. The largest absolute Gasteiger partial charge is 0.508 e. The zero-order valence-corrected chi connectivity index (χ0v) is 12.1. The van der Waals surface area contributed by atoms with Gasteiger partial charge in [0, 0.05) is 12.1 Å². The summed E-state index contributed by atoms with van der Waals surface area (Å²) >= 11 is 0. The second-order valence-electron chi connectivity index (χ2n) is 5.53. The highest BCUT2D eigenvalue weighted by molar-refractivity contribution is 5.85. The third-order valence-corrected chi connectivity index (χ3v) is 2.49. The molecule has 0 radical (unpaired) electrons. The molecule has 0 spiro atoms. The predicted molar refractivity (Wildman–Crippen MR) is 77.0 cm³/mol. The lowest BCUT2D eigenvalue weighted by atomic mass is 10.1. The maximum atomic E-state index is 11.6. The number of hydrogen-bond acceptors (Lipinski definition) is 4. The number of ether oxygens (including phenoxy) is 1. The van der Waals surface area contributed by atoms with Crippen LogP contribution in [0.4, 0.5) is 10.5 Å². The van der Waals surface area contributed by atoms with Gasteiger partial charge in [-0.15, -0.1) is 0 Å². The molecule has 0 heterocycles. The molecule has 1 aromatic carbocycles. The molecule has 110 valence electrons. The molecule has 0 aliphatic heterocycles. The van der Waals surface area contributed by atoms with Crippen molar-refractivity contribution in [2.75, 3.05) is 5.32 Å². The number of phenols is 1. The summed E-state index contributed by atoms with van der Waals surface area (Å²) in [6.45, 7) is 5.36. The van der Waals surface area contributed by atoms with Crippen LogP contribution in [0.1, 0.15) is 39.2 Å². The number of hydrogen-bond donors (Lipinski definition) is 2. The number of anilines is 1. The summed E-state index contributed by atoms with van der Waals surface area (Å²) in [6.07, 6.45) is 1.99. The number of carbonyl (C=O) groups excluding carboxylic acids is 2. The van der Waals surface area contributed by atoms with Gasteiger partial charge in [-0.05, 0) is 57.4 Å². The lowest BCUT2D eigenvalue weighted by molar-refractivity contribution is -0.107. The van der Waals surface area contributed by atoms with Crippen LogP contribution in [0, 0.1) is 0 Å². The van der Waals surface area contributed by atoms with Crippen molar-refractivity contribution in [3.8, 4) is 5.75 Å². The highest BCUT2D eigenvalue weighted by Gasteiger charge is 2.16. The maximum absolute atomic E-state index is 11.6. The number of rotatable bonds is 5. The van der Waals surface area contributed by atoms with Crippen molar-refractivity contribution in [1.82, 2.24) is 0 Å². The van der Waals surface area contributed by atoms with Crippen molar-refractivity contribution in [2.24, 2.45) is 0 Å². The summed E-state index contributed by atoms with van der Waals surface area (Å²) in [5.74, 6) is 0.158. The van der Waals surface area contributed by atoms with Gasteiger partial charge in [-0.2, -0.15) is 0 Å². The van der Waals surface area contributed by atoms with Crippen LogP contribution in [0.5, 0.6) is 5.75 Å². The highest BCUT2D eigenvalue weighted by Crippen LogP contribution is 2.23. The third kappa shape index (κ3) is 5.73. The van der Waals surface area contributed by atoms with Gasteiger partial charge in [0.1, 0.15) is 17.6 Å². The van der Waals surface area contributed by atoms with Gasteiger partial charge in [0.2, 0.25) is 0 Å². The van der Waals surface area contributed by atoms with Gasteiger partial charge in [0.05, 0.1) is 0 Å². The lowest BCUT2D eigenvalue weighted by Crippen LogP contribution is -2.27. The minimum absolute atomic E-state index is 0.158. The van der Waals surface area contributed by atoms with E-state index in [1.807, 2.05) is 0 Å². The summed E-state index contributed by atoms with van der Waals surface area (Å²) in [4.78, 5) is 21.9. The molecule has 0 aliphatic carbocycles. The Hall–Kier alpha value is -2.04. The average Bonchev–Trinajstić information content (AvgIpc) is 2.31. The van der Waals surface area contributed by atoms with Gasteiger partial charge < -0.3 is 14.6 Å². The fraction of sp³-hybridized carbons (Fsp3) is 0.467. The van der Waals surface area contributed by atoms with E-state index in [0.29, 0.717) is 30.5 Å². The fourth-order valence-corrected chi connectivity index (χ4v) is 1.66. The number of aryl methyl sites for hydroxylation is 1. The molecule has 1 aromatic rings. The Morgan fingerprint density at radius 1 is 1.40 bits per heavy atom. The summed E-state index contributed by atoms with van der Waals surface area (Å²) in [5, 5.41) is 12.3. The Morgan fingerprint density at radius 3 is 2.70 bits per heavy atom. The maximum Gasteiger partial charge on any atom is 0.412 e. The molecule has 0 saturated carbocycles. The quantitative estimate of drug-likeness (QED) is 0.493. The molecule has 5 nitrogen and oxygen atoms in total. The molecule has 1 amide bonds. The van der Waals surface area contributed by atoms with Gasteiger partial charge >= 0.3 is 6.09 Å². The molecule has 0 aliphatic rings. The molecule has 20 heavy (non-hydrogen) atoms. The van der Waals surface area contributed by atoms with E-state index in [4.69, 9.17) is 4.74 Å². The fourth-order valence-electron chi connectivity index (χ4n) is 1.66. The summed E-state index contributed by atoms with van der Waals surface area (Å²) in [7, 11) is 0. The number of benzene rings is 1. The number of aldehydes is 1. The van der Waals surface area contributed by atoms with E-state index in [9.17, 15) is 14.7 Å². The van der Waals surface area contributed by atoms with E-state index >= 15 is 0 Å². The van der Waals surface area contributed by atoms with Crippen LogP contribution in [0.25, 0.3) is 0 Å². The van der Waals surface area contributed by atoms with E-state index in [1.54, 1.807) is 32.9 Å². The van der Waals surface area contributed by atoms with E-state index in [0.717, 1.165) is 6.29 Å². The lowest BCUT2D eigenvalue weighted by Gasteiger charge is -2.19. The Balaban J connectivity index is 2.69. The van der Waals surface area contributed by atoms with Gasteiger partial charge in [-0.1, -0.05) is 0 Å². The van der Waals surface area contributed by atoms with Crippen LogP contribution in [-0.2, 0) is 16.0 Å². The molecule has 0 atom stereocenters. The van der Waals surface area contributed by atoms with Crippen LogP contribution < -0.4 is 5.32 Å². The first-order valence-electron chi connectivity index (χ1n) is 6.57. The van der Waals surface area contributed by atoms with Crippen LogP contribution in [0.15, 0.2) is 18.2 Å². The van der Waals surface area contributed by atoms with Crippen molar-refractivity contribution in [3.05, 3.63) is 23.8 Å². The van der Waals surface area contributed by atoms with E-state index < -0.39 is 11.7 Å². The zero-order valence-electron chi connectivity index (χ0n) is 12.1. The number of carbonyl (C=O) groups is 2. The molecule has 0 unspecified atom stereocenters. The van der Waals surface area contributed by atoms with Crippen molar-refractivity contribution in [3.63, 3.8) is 0 Å². The number of phenolic OH excluding ortho intramolecular Hbond substituents is 1. The normalized spacial score (nSPS) is 10.9. The Morgan fingerprint density at radius 2 is 2.10 bits per heavy atom. The zero-order chi connectivity index (χ0) is 15.2. The molecule has 0 saturated heterocycles. The molecule has 0 fully saturated rings. The summed E-state index contributed by atoms with van der Waals surface area (Å²) < 4.78 is 5.15. The van der Waals surface area contributed by atoms with Crippen molar-refractivity contribution in [1.29, 1.82) is 0 Å². The number of amides is 1. The van der Waals surface area contributed by atoms with Crippen LogP contribution in [0.2, 0.25) is 0 Å². The minimum Gasteiger partial charge on any atom is -0.508 e. The molecule has 1 rings (SSSR count). The number of aromatic hydroxyl groups is 1. The van der Waals surface area contributed by atoms with E-state index in [-0.39, 0.29) is 5.75 Å². The summed E-state index contributed by atoms with van der Waals surface area (Å²) in [5.41, 5.74) is 0.687. The first-order chi connectivity index (χ1) is 9.31. The Labute approximate surface area is 118 Å². The van der Waals surface area contributed by atoms with Gasteiger partial charge in [0.25, 0.3) is 0 Å². The standard InChI is InChI=1S/C15H21NO4/c1-15(2,3)20-14(19)16-12-7-8-13(18)11(10-12)6-4-5-9-17/h7-10,18H,4-6H2,1-3H3,(H,16,19). The van der Waals surface area contributed by atoms with E-state index in [1.165, 1.54) is 6.07 Å². The number of nitrogens with one attached hydrogen (secondary N) is 1. The topological polar surface area (TPSA) is 75.6 Å². The second-order valence-corrected chi connectivity index (χ2v) is 5.53. The molecule has 5 heteroatoms. The van der Waals surface area contributed by atoms with Gasteiger partial charge in [0.15, 0.2) is 0 Å². The van der Waals surface area contributed by atoms with Crippen LogP contribution >= 0.6 is 0 Å². The average molecular weight is 279 g/mol. The van der Waals surface area contributed by atoms with Crippen molar-refractivity contribution < 1.29 is 19.4 Å². The highest BCUT2D eigenvalue weighted by atomic mass is 16.6. The molecule has 0 aromatic heterocycles. The van der Waals surface area contributed by atoms with Gasteiger partial charge in [-0.25, -0.2) is 4.79 Å². The van der Waals surface area contributed by atoms with Crippen LogP contribution in [-0.4, -0.2) is 23.1 Å². The monoisotopic (exact) mass is 279 g/mol. The molecule has 0 bridgehead atoms. The van der Waals surface area contributed by atoms with E-state index in [2.05, 4.69) is 5.32 Å². The number of unbranched alkanes of at least 4 members (excludes halogenated alkanes) is 1. The van der Waals surface area contributed by atoms with Gasteiger partial charge in [-0.3, -0.25) is 5.32 Å². The first kappa shape index (κ1) is 16.0. The van der Waals surface area contributed by atoms with Crippen molar-refractivity contribution >= 4 is 18.1 Å². The predicted octanol–water partition coefficient (Wildman–Crippen LogP) is 3.26. The SMILES string of the molecule is CC(C)(C)OC(=O)Nc1ccc(O)c(CCCC=O)c1. The second kappa shape index (κ2) is 6.93. The van der Waals surface area contributed by atoms with Crippen LogP contribution in [0.3, 0.4) is 0 Å². The molecular formula is C15H21NO4. The molecule has 2 N–H and O–H groups in total. The smallest absolute Gasteiger partial charge is 0.412 e. The Kier molecular flexibility index (Phi) is 5.55. The third-order valence-electron chi connectivity index (χ3n) is 2.49. The van der Waals surface area contributed by atoms with Crippen molar-refractivity contribution in [2.45, 2.75) is 45.6 Å². The Bertz CT molecular complexity index is 477. The first-order valence-corrected chi connectivity index (χ1v) is 6.57. The minimum atomic E-state index is -0.562.